The number of hydrogen-bond donors (Lipinski definition) is 1. The van der Waals surface area contributed by atoms with Gasteiger partial charge >= 0.3 is 0 Å². The monoisotopic (exact) mass is 225 g/mol. The highest BCUT2D eigenvalue weighted by Gasteiger charge is 2.06. The molecule has 1 rings (SSSR count). The van der Waals surface area contributed by atoms with Crippen LogP contribution in [0.25, 0.3) is 0 Å². The number of thioether (sulfide) groups is 1. The Balaban J connectivity index is 2.56. The average Bonchev–Trinajstić information content (AvgIpc) is 2.24. The van der Waals surface area contributed by atoms with E-state index in [4.69, 9.17) is 5.73 Å². The molecule has 0 atom stereocenters. The van der Waals surface area contributed by atoms with Crippen molar-refractivity contribution in [2.24, 2.45) is 0 Å². The first-order chi connectivity index (χ1) is 7.29. The van der Waals surface area contributed by atoms with Crippen molar-refractivity contribution < 1.29 is 0 Å². The van der Waals surface area contributed by atoms with Crippen LogP contribution in [0.5, 0.6) is 0 Å². The van der Waals surface area contributed by atoms with Crippen LogP contribution in [0.1, 0.15) is 38.7 Å². The maximum atomic E-state index is 5.80. The Bertz CT molecular complexity index is 302. The molecular formula is C11H19N3S. The summed E-state index contributed by atoms with van der Waals surface area (Å²) in [7, 11) is 0. The lowest BCUT2D eigenvalue weighted by Crippen LogP contribution is -2.00. The molecule has 0 aliphatic rings. The Kier molecular flexibility index (Phi) is 5.47. The number of unbranched alkanes of at least 4 members (excludes halogenated alkanes) is 2. The third kappa shape index (κ3) is 3.70. The van der Waals surface area contributed by atoms with E-state index in [1.54, 1.807) is 18.1 Å². The van der Waals surface area contributed by atoms with Crippen molar-refractivity contribution in [1.29, 1.82) is 0 Å². The largest absolute Gasteiger partial charge is 0.383 e. The summed E-state index contributed by atoms with van der Waals surface area (Å²) in [5.41, 5.74) is 6.89. The smallest absolute Gasteiger partial charge is 0.131 e. The van der Waals surface area contributed by atoms with E-state index in [9.17, 15) is 0 Å². The third-order valence-electron chi connectivity index (χ3n) is 2.28. The molecule has 0 amide bonds. The van der Waals surface area contributed by atoms with E-state index >= 15 is 0 Å². The molecule has 0 spiro atoms. The summed E-state index contributed by atoms with van der Waals surface area (Å²) in [6.45, 7) is 4.30. The molecule has 0 bridgehead atoms. The van der Waals surface area contributed by atoms with Gasteiger partial charge in [-0.25, -0.2) is 9.97 Å². The summed E-state index contributed by atoms with van der Waals surface area (Å²) in [6, 6.07) is 0. The number of aromatic nitrogens is 2. The molecule has 0 aliphatic heterocycles. The fourth-order valence-corrected chi connectivity index (χ4v) is 2.47. The van der Waals surface area contributed by atoms with Crippen LogP contribution in [0.2, 0.25) is 0 Å². The molecular weight excluding hydrogens is 206 g/mol. The van der Waals surface area contributed by atoms with E-state index in [0.717, 1.165) is 22.8 Å². The third-order valence-corrected chi connectivity index (χ3v) is 3.40. The molecule has 0 radical (unpaired) electrons. The highest BCUT2D eigenvalue weighted by atomic mass is 32.2. The van der Waals surface area contributed by atoms with Crippen molar-refractivity contribution in [3.05, 3.63) is 11.9 Å². The normalized spacial score (nSPS) is 10.5. The van der Waals surface area contributed by atoms with Crippen LogP contribution in [0, 0.1) is 0 Å². The van der Waals surface area contributed by atoms with Gasteiger partial charge in [0.2, 0.25) is 0 Å². The number of nitrogens with zero attached hydrogens (tertiary/aromatic N) is 2. The van der Waals surface area contributed by atoms with Gasteiger partial charge in [0.05, 0.1) is 0 Å². The molecule has 0 aliphatic carbocycles. The topological polar surface area (TPSA) is 51.8 Å². The molecule has 84 valence electrons. The predicted molar refractivity (Wildman–Crippen MR) is 66.1 cm³/mol. The second kappa shape index (κ2) is 6.67. The molecule has 1 aromatic rings. The van der Waals surface area contributed by atoms with Gasteiger partial charge in [-0.15, -0.1) is 11.8 Å². The number of hydrogen-bond acceptors (Lipinski definition) is 4. The number of nitrogens with two attached hydrogens (primary N) is 1. The number of nitrogen functional groups attached to an aromatic ring is 1. The molecule has 1 heterocycles. The first-order valence-electron chi connectivity index (χ1n) is 5.51. The number of anilines is 1. The second-order valence-corrected chi connectivity index (χ2v) is 4.54. The lowest BCUT2D eigenvalue weighted by atomic mass is 10.2. The van der Waals surface area contributed by atoms with Gasteiger partial charge in [-0.2, -0.15) is 0 Å². The van der Waals surface area contributed by atoms with Crippen molar-refractivity contribution in [1.82, 2.24) is 9.97 Å². The standard InChI is InChI=1S/C11H19N3S/c1-3-5-6-7-15-11-9(4-2)10(12)13-8-14-11/h8H,3-7H2,1-2H3,(H2,12,13,14). The highest BCUT2D eigenvalue weighted by Crippen LogP contribution is 2.24. The molecule has 0 aromatic carbocycles. The minimum atomic E-state index is 0.630. The van der Waals surface area contributed by atoms with Gasteiger partial charge in [0.15, 0.2) is 0 Å². The zero-order valence-corrected chi connectivity index (χ0v) is 10.3. The predicted octanol–water partition coefficient (Wildman–Crippen LogP) is 2.90. The van der Waals surface area contributed by atoms with Crippen LogP contribution in [0.3, 0.4) is 0 Å². The SMILES string of the molecule is CCCCCSc1ncnc(N)c1CC. The van der Waals surface area contributed by atoms with E-state index in [1.165, 1.54) is 19.3 Å². The summed E-state index contributed by atoms with van der Waals surface area (Å²) in [4.78, 5) is 8.29. The Hall–Kier alpha value is -0.770. The van der Waals surface area contributed by atoms with Crippen molar-refractivity contribution in [2.75, 3.05) is 11.5 Å². The molecule has 2 N–H and O–H groups in total. The average molecular weight is 225 g/mol. The van der Waals surface area contributed by atoms with Crippen LogP contribution in [-0.2, 0) is 6.42 Å². The minimum absolute atomic E-state index is 0.630. The summed E-state index contributed by atoms with van der Waals surface area (Å²) in [6.07, 6.45) is 6.25. The van der Waals surface area contributed by atoms with E-state index in [2.05, 4.69) is 23.8 Å². The van der Waals surface area contributed by atoms with Gasteiger partial charge in [0.25, 0.3) is 0 Å². The second-order valence-electron chi connectivity index (χ2n) is 3.45. The fourth-order valence-electron chi connectivity index (χ4n) is 1.39. The van der Waals surface area contributed by atoms with Crippen molar-refractivity contribution in [3.8, 4) is 0 Å². The molecule has 1 aromatic heterocycles. The number of rotatable bonds is 6. The zero-order valence-electron chi connectivity index (χ0n) is 9.49. The van der Waals surface area contributed by atoms with Gasteiger partial charge in [-0.1, -0.05) is 26.7 Å². The van der Waals surface area contributed by atoms with Crippen molar-refractivity contribution in [3.63, 3.8) is 0 Å². The van der Waals surface area contributed by atoms with Crippen LogP contribution in [-0.4, -0.2) is 15.7 Å². The van der Waals surface area contributed by atoms with Crippen LogP contribution >= 0.6 is 11.8 Å². The maximum Gasteiger partial charge on any atom is 0.131 e. The fraction of sp³-hybridized carbons (Fsp3) is 0.636. The Morgan fingerprint density at radius 1 is 1.27 bits per heavy atom. The quantitative estimate of drug-likeness (QED) is 0.459. The first-order valence-corrected chi connectivity index (χ1v) is 6.50. The Labute approximate surface area is 95.9 Å². The Morgan fingerprint density at radius 3 is 2.73 bits per heavy atom. The van der Waals surface area contributed by atoms with Crippen LogP contribution in [0.4, 0.5) is 5.82 Å². The lowest BCUT2D eigenvalue weighted by Gasteiger charge is -2.07. The molecule has 0 saturated carbocycles. The Morgan fingerprint density at radius 2 is 2.07 bits per heavy atom. The maximum absolute atomic E-state index is 5.80. The molecule has 0 fully saturated rings. The van der Waals surface area contributed by atoms with E-state index in [1.807, 2.05) is 0 Å². The van der Waals surface area contributed by atoms with Gasteiger partial charge in [-0.05, 0) is 18.6 Å². The molecule has 0 saturated heterocycles. The van der Waals surface area contributed by atoms with Gasteiger partial charge < -0.3 is 5.73 Å². The highest BCUT2D eigenvalue weighted by molar-refractivity contribution is 7.99. The first kappa shape index (κ1) is 12.3. The minimum Gasteiger partial charge on any atom is -0.383 e. The van der Waals surface area contributed by atoms with E-state index in [-0.39, 0.29) is 0 Å². The zero-order chi connectivity index (χ0) is 11.1. The molecule has 15 heavy (non-hydrogen) atoms. The summed E-state index contributed by atoms with van der Waals surface area (Å²) < 4.78 is 0. The summed E-state index contributed by atoms with van der Waals surface area (Å²) >= 11 is 1.79. The van der Waals surface area contributed by atoms with Crippen molar-refractivity contribution in [2.45, 2.75) is 44.6 Å². The van der Waals surface area contributed by atoms with Crippen LogP contribution in [0.15, 0.2) is 11.4 Å². The van der Waals surface area contributed by atoms with E-state index < -0.39 is 0 Å². The molecule has 3 nitrogen and oxygen atoms in total. The molecule has 0 unspecified atom stereocenters. The van der Waals surface area contributed by atoms with Gasteiger partial charge in [0.1, 0.15) is 17.2 Å². The van der Waals surface area contributed by atoms with Gasteiger partial charge in [0, 0.05) is 5.56 Å². The molecule has 4 heteroatoms. The summed E-state index contributed by atoms with van der Waals surface area (Å²) in [5.74, 6) is 1.75. The van der Waals surface area contributed by atoms with Crippen LogP contribution < -0.4 is 5.73 Å². The van der Waals surface area contributed by atoms with Gasteiger partial charge in [-0.3, -0.25) is 0 Å². The summed E-state index contributed by atoms with van der Waals surface area (Å²) in [5, 5.41) is 1.06. The van der Waals surface area contributed by atoms with Crippen molar-refractivity contribution >= 4 is 17.6 Å². The van der Waals surface area contributed by atoms with E-state index in [0.29, 0.717) is 5.82 Å². The lowest BCUT2D eigenvalue weighted by molar-refractivity contribution is 0.777.